The minimum atomic E-state index is -0.719. The number of hydrogen-bond donors (Lipinski definition) is 1. The van der Waals surface area contributed by atoms with E-state index in [1.807, 2.05) is 59.5 Å². The van der Waals surface area contributed by atoms with E-state index in [2.05, 4.69) is 23.9 Å². The molecule has 9 heteroatoms. The predicted molar refractivity (Wildman–Crippen MR) is 157 cm³/mol. The highest BCUT2D eigenvalue weighted by molar-refractivity contribution is 5.96. The van der Waals surface area contributed by atoms with E-state index in [-0.39, 0.29) is 12.5 Å². The maximum atomic E-state index is 13.2. The van der Waals surface area contributed by atoms with Gasteiger partial charge in [0.15, 0.2) is 6.10 Å². The summed E-state index contributed by atoms with van der Waals surface area (Å²) in [6, 6.07) is 23.9. The van der Waals surface area contributed by atoms with Crippen molar-refractivity contribution in [2.24, 2.45) is 0 Å². The van der Waals surface area contributed by atoms with Crippen molar-refractivity contribution in [3.63, 3.8) is 0 Å². The van der Waals surface area contributed by atoms with E-state index in [0.29, 0.717) is 36.7 Å². The van der Waals surface area contributed by atoms with Gasteiger partial charge in [-0.25, -0.2) is 4.79 Å². The predicted octanol–water partition coefficient (Wildman–Crippen LogP) is 3.64. The number of benzene rings is 3. The number of cyclic esters (lactones) is 1. The van der Waals surface area contributed by atoms with Crippen molar-refractivity contribution in [2.75, 3.05) is 64.9 Å². The van der Waals surface area contributed by atoms with Crippen molar-refractivity contribution in [1.29, 1.82) is 0 Å². The second-order valence-corrected chi connectivity index (χ2v) is 10.7. The van der Waals surface area contributed by atoms with Crippen LogP contribution in [0.2, 0.25) is 0 Å². The average molecular weight is 559 g/mol. The lowest BCUT2D eigenvalue weighted by Gasteiger charge is -2.35. The molecule has 2 aliphatic heterocycles. The lowest BCUT2D eigenvalue weighted by molar-refractivity contribution is 0.0629. The summed E-state index contributed by atoms with van der Waals surface area (Å²) in [4.78, 5) is 34.1. The second kappa shape index (κ2) is 13.2. The van der Waals surface area contributed by atoms with Crippen LogP contribution in [0.15, 0.2) is 78.9 Å². The van der Waals surface area contributed by atoms with E-state index in [0.717, 1.165) is 37.3 Å². The summed E-state index contributed by atoms with van der Waals surface area (Å²) in [5.41, 5.74) is 3.07. The molecule has 3 aromatic carbocycles. The molecule has 0 spiro atoms. The molecule has 41 heavy (non-hydrogen) atoms. The Balaban J connectivity index is 1.25. The third-order valence-electron chi connectivity index (χ3n) is 7.64. The van der Waals surface area contributed by atoms with Crippen LogP contribution >= 0.6 is 0 Å². The first-order valence-corrected chi connectivity index (χ1v) is 14.1. The van der Waals surface area contributed by atoms with Crippen LogP contribution in [0.25, 0.3) is 0 Å². The van der Waals surface area contributed by atoms with E-state index in [4.69, 9.17) is 9.47 Å². The van der Waals surface area contributed by atoms with E-state index < -0.39 is 18.2 Å². The number of rotatable bonds is 10. The lowest BCUT2D eigenvalue weighted by Crippen LogP contribution is -2.49. The summed E-state index contributed by atoms with van der Waals surface area (Å²) in [5.74, 6) is 0.694. The van der Waals surface area contributed by atoms with Crippen LogP contribution in [0.3, 0.4) is 0 Å². The molecule has 2 amide bonds. The van der Waals surface area contributed by atoms with Crippen molar-refractivity contribution in [1.82, 2.24) is 14.7 Å². The monoisotopic (exact) mass is 558 g/mol. The first-order valence-electron chi connectivity index (χ1n) is 14.1. The van der Waals surface area contributed by atoms with Crippen LogP contribution in [0, 0.1) is 0 Å². The number of piperazine rings is 1. The highest BCUT2D eigenvalue weighted by Gasteiger charge is 2.43. The van der Waals surface area contributed by atoms with Gasteiger partial charge in [0.2, 0.25) is 0 Å². The molecule has 2 aliphatic rings. The molecule has 0 bridgehead atoms. The summed E-state index contributed by atoms with van der Waals surface area (Å²) in [7, 11) is 4.13. The van der Waals surface area contributed by atoms with Crippen LogP contribution in [0.5, 0.6) is 5.75 Å². The van der Waals surface area contributed by atoms with Gasteiger partial charge in [-0.1, -0.05) is 42.5 Å². The van der Waals surface area contributed by atoms with Crippen LogP contribution in [-0.4, -0.2) is 97.9 Å². The number of amides is 2. The highest BCUT2D eigenvalue weighted by Crippen LogP contribution is 2.38. The SMILES string of the molecule is CN(C)CCN1CCN(C(=O)c2ccc(N3C(=O)OC(CO)[C@H]3c3ccc(OCc4ccccc4)cc3)cc2)CC1. The molecule has 1 N–H and O–H groups in total. The molecular weight excluding hydrogens is 520 g/mol. The molecule has 2 saturated heterocycles. The smallest absolute Gasteiger partial charge is 0.415 e. The topological polar surface area (TPSA) is 85.8 Å². The van der Waals surface area contributed by atoms with Crippen molar-refractivity contribution >= 4 is 17.7 Å². The third kappa shape index (κ3) is 6.87. The Bertz CT molecular complexity index is 1290. The molecule has 2 heterocycles. The van der Waals surface area contributed by atoms with Gasteiger partial charge in [0.25, 0.3) is 5.91 Å². The quantitative estimate of drug-likeness (QED) is 0.407. The van der Waals surface area contributed by atoms with Crippen molar-refractivity contribution in [2.45, 2.75) is 18.8 Å². The van der Waals surface area contributed by atoms with Gasteiger partial charge in [0.1, 0.15) is 18.4 Å². The van der Waals surface area contributed by atoms with E-state index in [1.165, 1.54) is 0 Å². The Hall–Kier alpha value is -3.92. The van der Waals surface area contributed by atoms with Crippen LogP contribution in [0.1, 0.15) is 27.5 Å². The van der Waals surface area contributed by atoms with Crippen LogP contribution < -0.4 is 9.64 Å². The third-order valence-corrected chi connectivity index (χ3v) is 7.64. The number of hydrogen-bond acceptors (Lipinski definition) is 7. The summed E-state index contributed by atoms with van der Waals surface area (Å²) >= 11 is 0. The zero-order valence-corrected chi connectivity index (χ0v) is 23.7. The Kier molecular flexibility index (Phi) is 9.18. The molecule has 0 radical (unpaired) electrons. The van der Waals surface area contributed by atoms with E-state index >= 15 is 0 Å². The molecule has 0 saturated carbocycles. The maximum absolute atomic E-state index is 13.2. The van der Waals surface area contributed by atoms with Gasteiger partial charge in [0.05, 0.1) is 6.61 Å². The van der Waals surface area contributed by atoms with Gasteiger partial charge >= 0.3 is 6.09 Å². The summed E-state index contributed by atoms with van der Waals surface area (Å²) in [5, 5.41) is 10.0. The minimum absolute atomic E-state index is 0.0105. The van der Waals surface area contributed by atoms with Gasteiger partial charge in [0, 0.05) is 50.5 Å². The standard InChI is InChI=1S/C32H38N4O5/c1-33(2)16-17-34-18-20-35(21-19-34)31(38)26-8-12-27(13-9-26)36-30(29(22-37)41-32(36)39)25-10-14-28(15-11-25)40-23-24-6-4-3-5-7-24/h3-15,29-30,37H,16-23H2,1-2H3/t29?,30-/m1/s1. The van der Waals surface area contributed by atoms with E-state index in [9.17, 15) is 14.7 Å². The number of aliphatic hydroxyl groups excluding tert-OH is 1. The fourth-order valence-corrected chi connectivity index (χ4v) is 5.26. The fraction of sp³-hybridized carbons (Fsp3) is 0.375. The first kappa shape index (κ1) is 28.6. The lowest BCUT2D eigenvalue weighted by atomic mass is 10.00. The van der Waals surface area contributed by atoms with Gasteiger partial charge in [-0.2, -0.15) is 0 Å². The molecule has 9 nitrogen and oxygen atoms in total. The van der Waals surface area contributed by atoms with Gasteiger partial charge in [-0.05, 0) is 61.6 Å². The fourth-order valence-electron chi connectivity index (χ4n) is 5.26. The molecule has 0 aromatic heterocycles. The number of likely N-dealkylation sites (N-methyl/N-ethyl adjacent to an activating group) is 1. The van der Waals surface area contributed by atoms with Crippen LogP contribution in [-0.2, 0) is 11.3 Å². The largest absolute Gasteiger partial charge is 0.489 e. The van der Waals surface area contributed by atoms with Crippen molar-refractivity contribution in [3.05, 3.63) is 95.6 Å². The molecule has 2 atom stereocenters. The zero-order chi connectivity index (χ0) is 28.8. The number of carbonyl (C=O) groups excluding carboxylic acids is 2. The molecule has 1 unspecified atom stereocenters. The number of carbonyl (C=O) groups is 2. The normalized spacial score (nSPS) is 19.5. The molecule has 0 aliphatic carbocycles. The Morgan fingerprint density at radius 3 is 2.27 bits per heavy atom. The van der Waals surface area contributed by atoms with E-state index in [1.54, 1.807) is 29.2 Å². The van der Waals surface area contributed by atoms with Gasteiger partial charge in [-0.15, -0.1) is 0 Å². The van der Waals surface area contributed by atoms with Gasteiger partial charge < -0.3 is 24.4 Å². The molecular formula is C32H38N4O5. The summed E-state index contributed by atoms with van der Waals surface area (Å²) in [6.07, 6.45) is -1.25. The number of anilines is 1. The molecule has 216 valence electrons. The number of nitrogens with zero attached hydrogens (tertiary/aromatic N) is 4. The average Bonchev–Trinajstić information content (AvgIpc) is 3.35. The summed E-state index contributed by atoms with van der Waals surface area (Å²) in [6.45, 7) is 5.24. The first-order chi connectivity index (χ1) is 19.9. The second-order valence-electron chi connectivity index (χ2n) is 10.7. The summed E-state index contributed by atoms with van der Waals surface area (Å²) < 4.78 is 11.4. The van der Waals surface area contributed by atoms with Gasteiger partial charge in [-0.3, -0.25) is 14.6 Å². The number of aliphatic hydroxyl groups is 1. The van der Waals surface area contributed by atoms with Crippen molar-refractivity contribution in [3.8, 4) is 5.75 Å². The number of ether oxygens (including phenoxy) is 2. The minimum Gasteiger partial charge on any atom is -0.489 e. The molecule has 2 fully saturated rings. The Labute approximate surface area is 241 Å². The maximum Gasteiger partial charge on any atom is 0.415 e. The Morgan fingerprint density at radius 2 is 1.63 bits per heavy atom. The van der Waals surface area contributed by atoms with Crippen LogP contribution in [0.4, 0.5) is 10.5 Å². The molecule has 5 rings (SSSR count). The molecule has 3 aromatic rings. The highest BCUT2D eigenvalue weighted by atomic mass is 16.6. The Morgan fingerprint density at radius 1 is 0.951 bits per heavy atom. The zero-order valence-electron chi connectivity index (χ0n) is 23.7. The van der Waals surface area contributed by atoms with Crippen molar-refractivity contribution < 1.29 is 24.2 Å².